The van der Waals surface area contributed by atoms with Crippen molar-refractivity contribution < 1.29 is 8.42 Å². The molecule has 1 heterocycles. The van der Waals surface area contributed by atoms with Gasteiger partial charge in [0.15, 0.2) is 5.82 Å². The number of rotatable bonds is 3. The molecule has 19 heavy (non-hydrogen) atoms. The van der Waals surface area contributed by atoms with Crippen molar-refractivity contribution in [3.63, 3.8) is 0 Å². The number of halogens is 2. The Morgan fingerprint density at radius 3 is 2.53 bits per heavy atom. The highest BCUT2D eigenvalue weighted by atomic mass is 35.5. The zero-order chi connectivity index (χ0) is 14.2. The quantitative estimate of drug-likeness (QED) is 0.756. The van der Waals surface area contributed by atoms with Crippen LogP contribution in [0, 0.1) is 6.92 Å². The third-order valence-corrected chi connectivity index (χ3v) is 4.35. The molecule has 4 N–H and O–H groups in total. The van der Waals surface area contributed by atoms with Gasteiger partial charge in [0.25, 0.3) is 10.0 Å². The van der Waals surface area contributed by atoms with Gasteiger partial charge in [-0.05, 0) is 19.1 Å². The van der Waals surface area contributed by atoms with E-state index in [0.29, 0.717) is 5.69 Å². The van der Waals surface area contributed by atoms with Crippen molar-refractivity contribution >= 4 is 44.7 Å². The van der Waals surface area contributed by atoms with Crippen molar-refractivity contribution in [3.05, 3.63) is 33.9 Å². The first-order valence-corrected chi connectivity index (χ1v) is 7.33. The second kappa shape index (κ2) is 4.92. The lowest BCUT2D eigenvalue weighted by Gasteiger charge is -2.10. The summed E-state index contributed by atoms with van der Waals surface area (Å²) in [5.74, 6) is 0.155. The summed E-state index contributed by atoms with van der Waals surface area (Å²) in [6.07, 6.45) is 0. The number of aromatic amines is 1. The molecule has 0 bridgehead atoms. The molecule has 1 aromatic heterocycles. The standard InChI is InChI=1S/C10H10Cl2N4O2S/c1-5-2-9(15-14-5)16-19(17,18)10-7(12)3-6(11)4-8(10)13/h2-4H,13H2,1H3,(H2,14,15,16). The fourth-order valence-corrected chi connectivity index (χ4v) is 3.50. The number of nitrogen functional groups attached to an aromatic ring is 1. The van der Waals surface area contributed by atoms with Crippen molar-refractivity contribution in [1.29, 1.82) is 0 Å². The van der Waals surface area contributed by atoms with E-state index >= 15 is 0 Å². The SMILES string of the molecule is Cc1cc(NS(=O)(=O)c2c(N)cc(Cl)cc2Cl)n[nH]1. The van der Waals surface area contributed by atoms with E-state index in [1.807, 2.05) is 0 Å². The lowest BCUT2D eigenvalue weighted by atomic mass is 10.3. The maximum atomic E-state index is 12.2. The van der Waals surface area contributed by atoms with Crippen LogP contribution in [0.25, 0.3) is 0 Å². The number of sulfonamides is 1. The van der Waals surface area contributed by atoms with E-state index in [0.717, 1.165) is 0 Å². The van der Waals surface area contributed by atoms with Crippen molar-refractivity contribution in [2.24, 2.45) is 0 Å². The van der Waals surface area contributed by atoms with Gasteiger partial charge in [-0.3, -0.25) is 9.82 Å². The van der Waals surface area contributed by atoms with E-state index in [1.54, 1.807) is 6.92 Å². The zero-order valence-corrected chi connectivity index (χ0v) is 12.1. The summed E-state index contributed by atoms with van der Waals surface area (Å²) >= 11 is 11.6. The number of benzene rings is 1. The molecule has 1 aromatic carbocycles. The molecule has 0 amide bonds. The average molecular weight is 321 g/mol. The largest absolute Gasteiger partial charge is 0.398 e. The molecule has 0 aliphatic carbocycles. The van der Waals surface area contributed by atoms with Crippen LogP contribution in [0.4, 0.5) is 11.5 Å². The van der Waals surface area contributed by atoms with E-state index in [-0.39, 0.29) is 26.4 Å². The van der Waals surface area contributed by atoms with E-state index < -0.39 is 10.0 Å². The molecular formula is C10H10Cl2N4O2S. The summed E-state index contributed by atoms with van der Waals surface area (Å²) in [7, 11) is -3.93. The smallest absolute Gasteiger partial charge is 0.266 e. The first-order chi connectivity index (χ1) is 8.79. The highest BCUT2D eigenvalue weighted by molar-refractivity contribution is 7.93. The number of aromatic nitrogens is 2. The van der Waals surface area contributed by atoms with Gasteiger partial charge in [0.1, 0.15) is 4.90 Å². The molecule has 9 heteroatoms. The van der Waals surface area contributed by atoms with E-state index in [9.17, 15) is 8.42 Å². The Balaban J connectivity index is 2.45. The zero-order valence-electron chi connectivity index (χ0n) is 9.74. The topological polar surface area (TPSA) is 101 Å². The van der Waals surface area contributed by atoms with E-state index in [4.69, 9.17) is 28.9 Å². The van der Waals surface area contributed by atoms with Gasteiger partial charge in [-0.25, -0.2) is 8.42 Å². The van der Waals surface area contributed by atoms with Gasteiger partial charge in [0.2, 0.25) is 0 Å². The fourth-order valence-electron chi connectivity index (χ4n) is 1.52. The van der Waals surface area contributed by atoms with E-state index in [1.165, 1.54) is 18.2 Å². The van der Waals surface area contributed by atoms with Crippen molar-refractivity contribution in [2.45, 2.75) is 11.8 Å². The van der Waals surface area contributed by atoms with Crippen LogP contribution in [0.1, 0.15) is 5.69 Å². The Morgan fingerprint density at radius 2 is 2.00 bits per heavy atom. The summed E-state index contributed by atoms with van der Waals surface area (Å²) in [4.78, 5) is -0.223. The third-order valence-electron chi connectivity index (χ3n) is 2.25. The highest BCUT2D eigenvalue weighted by Gasteiger charge is 2.23. The molecule has 0 saturated heterocycles. The lowest BCUT2D eigenvalue weighted by Crippen LogP contribution is -2.15. The van der Waals surface area contributed by atoms with Crippen LogP contribution in [0.5, 0.6) is 0 Å². The molecule has 0 atom stereocenters. The Hall–Kier alpha value is -1.44. The normalized spacial score (nSPS) is 11.5. The number of H-pyrrole nitrogens is 1. The molecule has 0 unspecified atom stereocenters. The molecule has 0 aliphatic rings. The van der Waals surface area contributed by atoms with Crippen LogP contribution in [0.15, 0.2) is 23.1 Å². The van der Waals surface area contributed by atoms with Crippen molar-refractivity contribution in [1.82, 2.24) is 10.2 Å². The molecular weight excluding hydrogens is 311 g/mol. The molecule has 0 fully saturated rings. The van der Waals surface area contributed by atoms with Crippen LogP contribution >= 0.6 is 23.2 Å². The molecule has 0 aliphatic heterocycles. The summed E-state index contributed by atoms with van der Waals surface area (Å²) in [6, 6.07) is 4.17. The van der Waals surface area contributed by atoms with Crippen molar-refractivity contribution in [2.75, 3.05) is 10.5 Å². The first kappa shape index (κ1) is 14.0. The second-order valence-electron chi connectivity index (χ2n) is 3.85. The second-order valence-corrected chi connectivity index (χ2v) is 6.31. The van der Waals surface area contributed by atoms with Gasteiger partial charge < -0.3 is 5.73 Å². The minimum atomic E-state index is -3.93. The van der Waals surface area contributed by atoms with Gasteiger partial charge in [0.05, 0.1) is 10.7 Å². The number of nitrogens with zero attached hydrogens (tertiary/aromatic N) is 1. The molecule has 102 valence electrons. The van der Waals surface area contributed by atoms with Gasteiger partial charge in [-0.15, -0.1) is 0 Å². The van der Waals surface area contributed by atoms with Crippen molar-refractivity contribution in [3.8, 4) is 0 Å². The molecule has 2 aromatic rings. The van der Waals surface area contributed by atoms with Gasteiger partial charge in [-0.1, -0.05) is 23.2 Å². The lowest BCUT2D eigenvalue weighted by molar-refractivity contribution is 0.601. The maximum Gasteiger partial charge on any atom is 0.266 e. The minimum absolute atomic E-state index is 0.0303. The minimum Gasteiger partial charge on any atom is -0.398 e. The Kier molecular flexibility index (Phi) is 3.62. The maximum absolute atomic E-state index is 12.2. The van der Waals surface area contributed by atoms with Crippen LogP contribution in [0.3, 0.4) is 0 Å². The molecule has 0 radical (unpaired) electrons. The fraction of sp³-hybridized carbons (Fsp3) is 0.100. The monoisotopic (exact) mass is 320 g/mol. The number of nitrogens with two attached hydrogens (primary N) is 1. The summed E-state index contributed by atoms with van der Waals surface area (Å²) in [6.45, 7) is 1.74. The van der Waals surface area contributed by atoms with Crippen LogP contribution in [-0.4, -0.2) is 18.6 Å². The average Bonchev–Trinajstić information content (AvgIpc) is 2.60. The van der Waals surface area contributed by atoms with E-state index in [2.05, 4.69) is 14.9 Å². The molecule has 6 nitrogen and oxygen atoms in total. The Labute approximate surface area is 120 Å². The summed E-state index contributed by atoms with van der Waals surface area (Å²) < 4.78 is 26.7. The van der Waals surface area contributed by atoms with Crippen LogP contribution in [-0.2, 0) is 10.0 Å². The Bertz CT molecular complexity index is 704. The predicted octanol–water partition coefficient (Wildman–Crippen LogP) is 2.41. The summed E-state index contributed by atoms with van der Waals surface area (Å²) in [5, 5.41) is 6.61. The van der Waals surface area contributed by atoms with Crippen LogP contribution < -0.4 is 10.5 Å². The first-order valence-electron chi connectivity index (χ1n) is 5.09. The number of hydrogen-bond donors (Lipinski definition) is 3. The number of aryl methyl sites for hydroxylation is 1. The van der Waals surface area contributed by atoms with Gasteiger partial charge in [-0.2, -0.15) is 5.10 Å². The Morgan fingerprint density at radius 1 is 1.32 bits per heavy atom. The molecule has 0 spiro atoms. The third kappa shape index (κ3) is 2.94. The van der Waals surface area contributed by atoms with Gasteiger partial charge >= 0.3 is 0 Å². The molecule has 2 rings (SSSR count). The number of anilines is 2. The molecule has 0 saturated carbocycles. The number of nitrogens with one attached hydrogen (secondary N) is 2. The summed E-state index contributed by atoms with van der Waals surface area (Å²) in [5.41, 5.74) is 6.34. The predicted molar refractivity (Wildman–Crippen MR) is 75.0 cm³/mol. The number of hydrogen-bond acceptors (Lipinski definition) is 4. The van der Waals surface area contributed by atoms with Crippen LogP contribution in [0.2, 0.25) is 10.0 Å². The highest BCUT2D eigenvalue weighted by Crippen LogP contribution is 2.32. The van der Waals surface area contributed by atoms with Gasteiger partial charge in [0, 0.05) is 16.8 Å².